The Morgan fingerprint density at radius 1 is 1.43 bits per heavy atom. The second-order valence-corrected chi connectivity index (χ2v) is 6.45. The number of carboxylic acid groups (broad SMARTS) is 1. The number of imidazole rings is 1. The molecule has 21 heavy (non-hydrogen) atoms. The molecule has 3 unspecified atom stereocenters. The van der Waals surface area contributed by atoms with Crippen molar-refractivity contribution in [3.05, 3.63) is 18.2 Å². The van der Waals surface area contributed by atoms with Crippen LogP contribution in [0.2, 0.25) is 0 Å². The van der Waals surface area contributed by atoms with Crippen LogP contribution in [-0.2, 0) is 17.9 Å². The molecule has 0 aromatic carbocycles. The molecule has 0 amide bonds. The van der Waals surface area contributed by atoms with Crippen molar-refractivity contribution in [1.29, 1.82) is 0 Å². The number of likely N-dealkylation sites (tertiary alicyclic amines) is 1. The van der Waals surface area contributed by atoms with Crippen molar-refractivity contribution in [3.63, 3.8) is 0 Å². The van der Waals surface area contributed by atoms with Gasteiger partial charge in [0.25, 0.3) is 0 Å². The van der Waals surface area contributed by atoms with Crippen molar-refractivity contribution in [2.45, 2.75) is 70.6 Å². The van der Waals surface area contributed by atoms with E-state index in [2.05, 4.69) is 21.4 Å². The highest BCUT2D eigenvalue weighted by Gasteiger charge is 2.45. The van der Waals surface area contributed by atoms with E-state index in [9.17, 15) is 9.90 Å². The summed E-state index contributed by atoms with van der Waals surface area (Å²) in [5.41, 5.74) is 1.15. The number of fused-ring (bicyclic) bond motifs is 1. The highest BCUT2D eigenvalue weighted by Crippen LogP contribution is 2.40. The smallest absolute Gasteiger partial charge is 0.320 e. The Morgan fingerprint density at radius 3 is 3.00 bits per heavy atom. The molecule has 3 atom stereocenters. The molecule has 1 aliphatic carbocycles. The molecule has 0 bridgehead atoms. The first kappa shape index (κ1) is 14.6. The van der Waals surface area contributed by atoms with Crippen LogP contribution in [0.5, 0.6) is 0 Å². The zero-order chi connectivity index (χ0) is 14.8. The van der Waals surface area contributed by atoms with Gasteiger partial charge in [-0.25, -0.2) is 4.98 Å². The number of carboxylic acids is 1. The van der Waals surface area contributed by atoms with Gasteiger partial charge in [0.1, 0.15) is 6.04 Å². The molecular formula is C16H25N3O2. The number of nitrogens with zero attached hydrogens (tertiary/aromatic N) is 3. The maximum atomic E-state index is 11.6. The Kier molecular flexibility index (Phi) is 4.29. The van der Waals surface area contributed by atoms with E-state index in [1.165, 1.54) is 19.3 Å². The number of aromatic nitrogens is 2. The number of carbonyl (C=O) groups is 1. The van der Waals surface area contributed by atoms with Crippen LogP contribution in [-0.4, -0.2) is 37.6 Å². The Labute approximate surface area is 126 Å². The third kappa shape index (κ3) is 2.84. The molecule has 1 N–H and O–H groups in total. The summed E-state index contributed by atoms with van der Waals surface area (Å²) in [7, 11) is 0. The summed E-state index contributed by atoms with van der Waals surface area (Å²) in [5.74, 6) is -0.0895. The maximum Gasteiger partial charge on any atom is 0.320 e. The molecular weight excluding hydrogens is 266 g/mol. The van der Waals surface area contributed by atoms with Gasteiger partial charge in [0.05, 0.1) is 12.0 Å². The standard InChI is InChI=1S/C16H25N3O2/c1-2-7-18-11-17-9-13(18)10-19-14-6-4-3-5-12(14)8-15(19)16(20)21/h9,11-12,14-15H,2-8,10H2,1H3,(H,20,21). The van der Waals surface area contributed by atoms with Gasteiger partial charge in [-0.1, -0.05) is 19.8 Å². The lowest BCUT2D eigenvalue weighted by molar-refractivity contribution is -0.142. The van der Waals surface area contributed by atoms with Crippen LogP contribution < -0.4 is 0 Å². The topological polar surface area (TPSA) is 58.4 Å². The Balaban J connectivity index is 1.80. The number of rotatable bonds is 5. The summed E-state index contributed by atoms with van der Waals surface area (Å²) >= 11 is 0. The quantitative estimate of drug-likeness (QED) is 0.905. The normalized spacial score (nSPS) is 29.5. The fraction of sp³-hybridized carbons (Fsp3) is 0.750. The minimum atomic E-state index is -0.661. The number of hydrogen-bond acceptors (Lipinski definition) is 3. The average molecular weight is 291 g/mol. The molecule has 1 aromatic heterocycles. The summed E-state index contributed by atoms with van der Waals surface area (Å²) in [5, 5.41) is 9.57. The van der Waals surface area contributed by atoms with Crippen molar-refractivity contribution in [2.24, 2.45) is 5.92 Å². The largest absolute Gasteiger partial charge is 0.480 e. The van der Waals surface area contributed by atoms with Crippen LogP contribution in [0, 0.1) is 5.92 Å². The zero-order valence-corrected chi connectivity index (χ0v) is 12.7. The van der Waals surface area contributed by atoms with E-state index >= 15 is 0 Å². The Morgan fingerprint density at radius 2 is 2.24 bits per heavy atom. The highest BCUT2D eigenvalue weighted by atomic mass is 16.4. The van der Waals surface area contributed by atoms with E-state index < -0.39 is 5.97 Å². The van der Waals surface area contributed by atoms with Crippen LogP contribution in [0.25, 0.3) is 0 Å². The summed E-state index contributed by atoms with van der Waals surface area (Å²) in [4.78, 5) is 18.1. The highest BCUT2D eigenvalue weighted by molar-refractivity contribution is 5.74. The predicted octanol–water partition coefficient (Wildman–Crippen LogP) is 2.51. The van der Waals surface area contributed by atoms with Gasteiger partial charge in [-0.2, -0.15) is 0 Å². The maximum absolute atomic E-state index is 11.6. The Hall–Kier alpha value is -1.36. The molecule has 0 radical (unpaired) electrons. The van der Waals surface area contributed by atoms with Crippen molar-refractivity contribution in [1.82, 2.24) is 14.5 Å². The molecule has 1 saturated carbocycles. The van der Waals surface area contributed by atoms with Crippen LogP contribution in [0.3, 0.4) is 0 Å². The molecule has 2 aliphatic rings. The van der Waals surface area contributed by atoms with Gasteiger partial charge in [-0.3, -0.25) is 9.69 Å². The average Bonchev–Trinajstić information content (AvgIpc) is 3.05. The second kappa shape index (κ2) is 6.18. The van der Waals surface area contributed by atoms with Crippen molar-refractivity contribution >= 4 is 5.97 Å². The first-order valence-electron chi connectivity index (χ1n) is 8.18. The van der Waals surface area contributed by atoms with Gasteiger partial charge in [-0.05, 0) is 31.6 Å². The van der Waals surface area contributed by atoms with Gasteiger partial charge in [0.2, 0.25) is 0 Å². The van der Waals surface area contributed by atoms with E-state index in [0.29, 0.717) is 12.0 Å². The van der Waals surface area contributed by atoms with Crippen LogP contribution in [0.15, 0.2) is 12.5 Å². The monoisotopic (exact) mass is 291 g/mol. The summed E-state index contributed by atoms with van der Waals surface area (Å²) in [6, 6.07) is 0.132. The van der Waals surface area contributed by atoms with Gasteiger partial charge in [0.15, 0.2) is 0 Å². The van der Waals surface area contributed by atoms with Gasteiger partial charge in [-0.15, -0.1) is 0 Å². The van der Waals surface area contributed by atoms with E-state index in [1.54, 1.807) is 0 Å². The lowest BCUT2D eigenvalue weighted by Crippen LogP contribution is -2.42. The molecule has 3 rings (SSSR count). The fourth-order valence-corrected chi connectivity index (χ4v) is 4.13. The molecule has 116 valence electrons. The molecule has 0 spiro atoms. The lowest BCUT2D eigenvalue weighted by Gasteiger charge is -2.33. The molecule has 1 aliphatic heterocycles. The SMILES string of the molecule is CCCn1cncc1CN1C(C(=O)O)CC2CCCCC21. The molecule has 5 heteroatoms. The van der Waals surface area contributed by atoms with Crippen LogP contribution in [0.4, 0.5) is 0 Å². The Bertz CT molecular complexity index is 499. The van der Waals surface area contributed by atoms with E-state index in [4.69, 9.17) is 0 Å². The molecule has 1 aromatic rings. The molecule has 2 fully saturated rings. The molecule has 2 heterocycles. The van der Waals surface area contributed by atoms with Gasteiger partial charge >= 0.3 is 5.97 Å². The number of aliphatic carboxylic acids is 1. The van der Waals surface area contributed by atoms with E-state index in [1.807, 2.05) is 12.5 Å². The molecule has 1 saturated heterocycles. The summed E-state index contributed by atoms with van der Waals surface area (Å²) in [6.07, 6.45) is 10.5. The van der Waals surface area contributed by atoms with E-state index in [-0.39, 0.29) is 6.04 Å². The van der Waals surface area contributed by atoms with Crippen molar-refractivity contribution in [2.75, 3.05) is 0 Å². The summed E-state index contributed by atoms with van der Waals surface area (Å²) in [6.45, 7) is 3.82. The van der Waals surface area contributed by atoms with Crippen molar-refractivity contribution in [3.8, 4) is 0 Å². The first-order chi connectivity index (χ1) is 10.2. The second-order valence-electron chi connectivity index (χ2n) is 6.45. The third-order valence-electron chi connectivity index (χ3n) is 5.11. The fourth-order valence-electron chi connectivity index (χ4n) is 4.13. The van der Waals surface area contributed by atoms with Crippen LogP contribution in [0.1, 0.15) is 51.1 Å². The van der Waals surface area contributed by atoms with E-state index in [0.717, 1.165) is 38.0 Å². The predicted molar refractivity (Wildman–Crippen MR) is 79.8 cm³/mol. The summed E-state index contributed by atoms with van der Waals surface area (Å²) < 4.78 is 2.16. The zero-order valence-electron chi connectivity index (χ0n) is 12.7. The minimum Gasteiger partial charge on any atom is -0.480 e. The minimum absolute atomic E-state index is 0.317. The number of aryl methyl sites for hydroxylation is 1. The van der Waals surface area contributed by atoms with Crippen LogP contribution >= 0.6 is 0 Å². The van der Waals surface area contributed by atoms with Gasteiger partial charge < -0.3 is 9.67 Å². The lowest BCUT2D eigenvalue weighted by atomic mass is 9.85. The van der Waals surface area contributed by atoms with Crippen molar-refractivity contribution < 1.29 is 9.90 Å². The third-order valence-corrected chi connectivity index (χ3v) is 5.11. The number of hydrogen-bond donors (Lipinski definition) is 1. The first-order valence-corrected chi connectivity index (χ1v) is 8.18. The van der Waals surface area contributed by atoms with Gasteiger partial charge in [0, 0.05) is 25.3 Å². The molecule has 5 nitrogen and oxygen atoms in total.